The van der Waals surface area contributed by atoms with Crippen molar-refractivity contribution in [1.29, 1.82) is 0 Å². The van der Waals surface area contributed by atoms with Crippen LogP contribution >= 0.6 is 12.2 Å². The lowest BCUT2D eigenvalue weighted by Crippen LogP contribution is -2.30. The van der Waals surface area contributed by atoms with Crippen molar-refractivity contribution in [3.05, 3.63) is 96.6 Å². The first kappa shape index (κ1) is 26.5. The van der Waals surface area contributed by atoms with Crippen LogP contribution in [0, 0.1) is 0 Å². The maximum Gasteiger partial charge on any atom is 0.229 e. The molecule has 0 spiro atoms. The van der Waals surface area contributed by atoms with E-state index in [1.54, 1.807) is 18.3 Å². The molecule has 4 aromatic rings. The summed E-state index contributed by atoms with van der Waals surface area (Å²) in [4.78, 5) is 6.61. The van der Waals surface area contributed by atoms with Crippen molar-refractivity contribution in [2.45, 2.75) is 19.0 Å². The summed E-state index contributed by atoms with van der Waals surface area (Å²) in [5.41, 5.74) is 3.78. The van der Waals surface area contributed by atoms with Gasteiger partial charge in [0.25, 0.3) is 0 Å². The summed E-state index contributed by atoms with van der Waals surface area (Å²) in [6, 6.07) is 22.5. The second-order valence-corrected chi connectivity index (χ2v) is 11.1. The molecule has 0 unspecified atom stereocenters. The summed E-state index contributed by atoms with van der Waals surface area (Å²) < 4.78 is 39.9. The van der Waals surface area contributed by atoms with Crippen molar-refractivity contribution in [2.75, 3.05) is 29.6 Å². The molecule has 2 atom stereocenters. The van der Waals surface area contributed by atoms with Crippen LogP contribution in [0.5, 0.6) is 11.5 Å². The molecular formula is C28H29N5O4S2. The first-order chi connectivity index (χ1) is 18.8. The van der Waals surface area contributed by atoms with Gasteiger partial charge in [0.2, 0.25) is 10.0 Å². The number of pyridine rings is 1. The molecule has 0 bridgehead atoms. The van der Waals surface area contributed by atoms with Gasteiger partial charge in [0.05, 0.1) is 37.4 Å². The van der Waals surface area contributed by atoms with E-state index in [4.69, 9.17) is 21.7 Å². The maximum absolute atomic E-state index is 12.1. The van der Waals surface area contributed by atoms with Crippen molar-refractivity contribution in [1.82, 2.24) is 14.9 Å². The standard InChI is InChI=1S/C28H29N5O4S2/c1-4-37-21-13-10-19(11-14-21)32-17-7-9-24(32)27-26(22-8-5-6-16-29-22)30-28(38)33(27)20-12-15-25(36-2)23(18-20)31-39(3,34)35/h5-18,26-27,31H,4H2,1-3H3,(H,30,38)/t26-,27-/m0/s1. The number of nitrogens with one attached hydrogen (secondary N) is 2. The topological polar surface area (TPSA) is 97.7 Å². The molecule has 1 aliphatic heterocycles. The van der Waals surface area contributed by atoms with E-state index in [2.05, 4.69) is 25.7 Å². The SMILES string of the molecule is CCOc1ccc(-n2cccc2[C@H]2[C@H](c3ccccn3)NC(=S)N2c2ccc(OC)c(NS(C)(=O)=O)c2)cc1. The van der Waals surface area contributed by atoms with Gasteiger partial charge in [0, 0.05) is 29.5 Å². The van der Waals surface area contributed by atoms with Crippen LogP contribution in [0.1, 0.15) is 30.4 Å². The number of thiocarbonyl (C=S) groups is 1. The third-order valence-electron chi connectivity index (χ3n) is 6.36. The van der Waals surface area contributed by atoms with Gasteiger partial charge in [-0.1, -0.05) is 6.07 Å². The number of hydrogen-bond donors (Lipinski definition) is 2. The number of ether oxygens (including phenoxy) is 2. The highest BCUT2D eigenvalue weighted by molar-refractivity contribution is 7.92. The summed E-state index contributed by atoms with van der Waals surface area (Å²) in [6.07, 6.45) is 4.86. The molecule has 0 amide bonds. The molecule has 2 aromatic carbocycles. The molecule has 0 radical (unpaired) electrons. The molecule has 202 valence electrons. The van der Waals surface area contributed by atoms with E-state index >= 15 is 0 Å². The van der Waals surface area contributed by atoms with Crippen LogP contribution in [-0.4, -0.2) is 43.1 Å². The van der Waals surface area contributed by atoms with E-state index < -0.39 is 10.0 Å². The number of aromatic nitrogens is 2. The average Bonchev–Trinajstić information content (AvgIpc) is 3.53. The fourth-order valence-electron chi connectivity index (χ4n) is 4.80. The minimum absolute atomic E-state index is 0.275. The van der Waals surface area contributed by atoms with Crippen LogP contribution in [0.4, 0.5) is 11.4 Å². The van der Waals surface area contributed by atoms with E-state index in [-0.39, 0.29) is 12.1 Å². The highest BCUT2D eigenvalue weighted by Crippen LogP contribution is 2.44. The molecule has 1 fully saturated rings. The van der Waals surface area contributed by atoms with E-state index in [1.807, 2.05) is 72.6 Å². The van der Waals surface area contributed by atoms with Gasteiger partial charge in [-0.3, -0.25) is 9.71 Å². The number of sulfonamides is 1. The lowest BCUT2D eigenvalue weighted by Gasteiger charge is -2.29. The van der Waals surface area contributed by atoms with Crippen molar-refractivity contribution in [2.24, 2.45) is 0 Å². The zero-order valence-electron chi connectivity index (χ0n) is 21.7. The molecule has 1 aliphatic rings. The normalized spacial score (nSPS) is 17.1. The quantitative estimate of drug-likeness (QED) is 0.280. The van der Waals surface area contributed by atoms with Gasteiger partial charge >= 0.3 is 0 Å². The van der Waals surface area contributed by atoms with Crippen LogP contribution in [-0.2, 0) is 10.0 Å². The second kappa shape index (κ2) is 11.0. The highest BCUT2D eigenvalue weighted by atomic mass is 32.2. The van der Waals surface area contributed by atoms with Gasteiger partial charge < -0.3 is 24.3 Å². The largest absolute Gasteiger partial charge is 0.495 e. The molecule has 11 heteroatoms. The van der Waals surface area contributed by atoms with E-state index in [1.165, 1.54) is 7.11 Å². The summed E-state index contributed by atoms with van der Waals surface area (Å²) in [5.74, 6) is 1.20. The maximum atomic E-state index is 12.1. The number of hydrogen-bond acceptors (Lipinski definition) is 6. The molecule has 3 heterocycles. The Morgan fingerprint density at radius 3 is 2.49 bits per heavy atom. The first-order valence-electron chi connectivity index (χ1n) is 12.4. The van der Waals surface area contributed by atoms with Crippen molar-refractivity contribution in [3.63, 3.8) is 0 Å². The van der Waals surface area contributed by atoms with Gasteiger partial charge in [0.15, 0.2) is 5.11 Å². The van der Waals surface area contributed by atoms with Gasteiger partial charge in [-0.2, -0.15) is 0 Å². The molecule has 2 N–H and O–H groups in total. The molecule has 0 saturated carbocycles. The Morgan fingerprint density at radius 2 is 1.82 bits per heavy atom. The smallest absolute Gasteiger partial charge is 0.229 e. The third kappa shape index (κ3) is 5.55. The molecule has 39 heavy (non-hydrogen) atoms. The van der Waals surface area contributed by atoms with Crippen LogP contribution in [0.3, 0.4) is 0 Å². The Labute approximate surface area is 233 Å². The third-order valence-corrected chi connectivity index (χ3v) is 7.27. The second-order valence-electron chi connectivity index (χ2n) is 8.99. The Morgan fingerprint density at radius 1 is 1.05 bits per heavy atom. The lowest BCUT2D eigenvalue weighted by atomic mass is 10.0. The van der Waals surface area contributed by atoms with Crippen LogP contribution < -0.4 is 24.4 Å². The Kier molecular flexibility index (Phi) is 7.45. The Hall–Kier alpha value is -4.09. The summed E-state index contributed by atoms with van der Waals surface area (Å²) >= 11 is 5.86. The first-order valence-corrected chi connectivity index (χ1v) is 14.7. The van der Waals surface area contributed by atoms with Gasteiger partial charge in [0.1, 0.15) is 17.5 Å². The highest BCUT2D eigenvalue weighted by Gasteiger charge is 2.42. The minimum atomic E-state index is -3.55. The number of rotatable bonds is 9. The van der Waals surface area contributed by atoms with Gasteiger partial charge in [-0.15, -0.1) is 0 Å². The predicted octanol–water partition coefficient (Wildman–Crippen LogP) is 4.83. The summed E-state index contributed by atoms with van der Waals surface area (Å²) in [5, 5.41) is 3.94. The van der Waals surface area contributed by atoms with Crippen molar-refractivity contribution < 1.29 is 17.9 Å². The molecule has 1 saturated heterocycles. The van der Waals surface area contributed by atoms with Gasteiger partial charge in [-0.25, -0.2) is 8.42 Å². The molecule has 9 nitrogen and oxygen atoms in total. The van der Waals surface area contributed by atoms with Crippen LogP contribution in [0.15, 0.2) is 85.2 Å². The molecular weight excluding hydrogens is 534 g/mol. The van der Waals surface area contributed by atoms with Crippen molar-refractivity contribution >= 4 is 38.7 Å². The Bertz CT molecular complexity index is 1570. The van der Waals surface area contributed by atoms with E-state index in [0.717, 1.165) is 29.1 Å². The zero-order chi connectivity index (χ0) is 27.6. The Balaban J connectivity index is 1.63. The lowest BCUT2D eigenvalue weighted by molar-refractivity contribution is 0.340. The minimum Gasteiger partial charge on any atom is -0.495 e. The van der Waals surface area contributed by atoms with E-state index in [9.17, 15) is 8.42 Å². The molecule has 0 aliphatic carbocycles. The number of nitrogens with zero attached hydrogens (tertiary/aromatic N) is 3. The number of methoxy groups -OCH3 is 1. The number of anilines is 2. The zero-order valence-corrected chi connectivity index (χ0v) is 23.4. The average molecular weight is 564 g/mol. The fraction of sp³-hybridized carbons (Fsp3) is 0.214. The van der Waals surface area contributed by atoms with Crippen LogP contribution in [0.2, 0.25) is 0 Å². The van der Waals surface area contributed by atoms with Crippen LogP contribution in [0.25, 0.3) is 5.69 Å². The summed E-state index contributed by atoms with van der Waals surface area (Å²) in [7, 11) is -2.05. The number of benzene rings is 2. The molecule has 2 aromatic heterocycles. The fourth-order valence-corrected chi connectivity index (χ4v) is 5.70. The molecule has 5 rings (SSSR count). The predicted molar refractivity (Wildman–Crippen MR) is 156 cm³/mol. The van der Waals surface area contributed by atoms with Crippen molar-refractivity contribution in [3.8, 4) is 17.2 Å². The summed E-state index contributed by atoms with van der Waals surface area (Å²) in [6.45, 7) is 2.55. The monoisotopic (exact) mass is 563 g/mol. The van der Waals surface area contributed by atoms with E-state index in [0.29, 0.717) is 28.8 Å². The van der Waals surface area contributed by atoms with Gasteiger partial charge in [-0.05, 0) is 85.9 Å².